The molecular weight excluding hydrogens is 367 g/mol. The standard InChI is InChI=1S/C20H20F3N5/c1-28(2)9-8-24-20-25-17(13-6-4-3-5-7-13)12-18(27-20)26-19-15(22)10-14(21)11-16(19)23/h3-7,10-12H,8-9H2,1-2H3,(H2,24,25,26,27). The fourth-order valence-electron chi connectivity index (χ4n) is 2.53. The zero-order valence-electron chi connectivity index (χ0n) is 15.5. The van der Waals surface area contributed by atoms with Crippen molar-refractivity contribution >= 4 is 17.5 Å². The van der Waals surface area contributed by atoms with E-state index in [-0.39, 0.29) is 5.82 Å². The molecule has 0 spiro atoms. The summed E-state index contributed by atoms with van der Waals surface area (Å²) >= 11 is 0. The van der Waals surface area contributed by atoms with Crippen molar-refractivity contribution in [3.8, 4) is 11.3 Å². The van der Waals surface area contributed by atoms with Gasteiger partial charge in [0, 0.05) is 36.9 Å². The smallest absolute Gasteiger partial charge is 0.225 e. The molecule has 0 radical (unpaired) electrons. The van der Waals surface area contributed by atoms with Crippen LogP contribution in [-0.4, -0.2) is 42.1 Å². The number of anilines is 3. The SMILES string of the molecule is CN(C)CCNc1nc(Nc2c(F)cc(F)cc2F)cc(-c2ccccc2)n1. The molecule has 1 aromatic heterocycles. The number of nitrogens with zero attached hydrogens (tertiary/aromatic N) is 3. The van der Waals surface area contributed by atoms with E-state index in [9.17, 15) is 13.2 Å². The van der Waals surface area contributed by atoms with Gasteiger partial charge in [0.25, 0.3) is 0 Å². The minimum atomic E-state index is -1.04. The molecule has 2 aromatic carbocycles. The molecule has 28 heavy (non-hydrogen) atoms. The number of hydrogen-bond donors (Lipinski definition) is 2. The number of hydrogen-bond acceptors (Lipinski definition) is 5. The molecule has 146 valence electrons. The number of halogens is 3. The minimum absolute atomic E-state index is 0.186. The zero-order chi connectivity index (χ0) is 20.1. The van der Waals surface area contributed by atoms with Gasteiger partial charge in [-0.05, 0) is 14.1 Å². The van der Waals surface area contributed by atoms with Crippen LogP contribution in [0.25, 0.3) is 11.3 Å². The quantitative estimate of drug-likeness (QED) is 0.634. The summed E-state index contributed by atoms with van der Waals surface area (Å²) in [5, 5.41) is 5.70. The van der Waals surface area contributed by atoms with Gasteiger partial charge in [0.05, 0.1) is 5.69 Å². The maximum atomic E-state index is 14.0. The zero-order valence-corrected chi connectivity index (χ0v) is 15.5. The predicted molar refractivity (Wildman–Crippen MR) is 104 cm³/mol. The Kier molecular flexibility index (Phi) is 6.10. The highest BCUT2D eigenvalue weighted by Gasteiger charge is 2.14. The van der Waals surface area contributed by atoms with Gasteiger partial charge in [-0.1, -0.05) is 30.3 Å². The van der Waals surface area contributed by atoms with E-state index >= 15 is 0 Å². The molecule has 1 heterocycles. The normalized spacial score (nSPS) is 10.9. The van der Waals surface area contributed by atoms with Gasteiger partial charge >= 0.3 is 0 Å². The van der Waals surface area contributed by atoms with E-state index in [0.29, 0.717) is 30.3 Å². The summed E-state index contributed by atoms with van der Waals surface area (Å²) in [6, 6.07) is 12.1. The molecule has 0 fully saturated rings. The molecule has 3 aromatic rings. The molecule has 3 rings (SSSR count). The number of rotatable bonds is 7. The van der Waals surface area contributed by atoms with E-state index < -0.39 is 23.1 Å². The third-order valence-electron chi connectivity index (χ3n) is 3.90. The molecule has 0 bridgehead atoms. The number of likely N-dealkylation sites (N-methyl/N-ethyl adjacent to an activating group) is 1. The molecule has 0 unspecified atom stereocenters. The molecule has 0 saturated carbocycles. The first-order chi connectivity index (χ1) is 13.4. The highest BCUT2D eigenvalue weighted by atomic mass is 19.1. The maximum Gasteiger partial charge on any atom is 0.225 e. The summed E-state index contributed by atoms with van der Waals surface area (Å²) in [6.45, 7) is 1.34. The fraction of sp³-hybridized carbons (Fsp3) is 0.200. The number of nitrogens with one attached hydrogen (secondary N) is 2. The van der Waals surface area contributed by atoms with Crippen molar-refractivity contribution < 1.29 is 13.2 Å². The van der Waals surface area contributed by atoms with Gasteiger partial charge < -0.3 is 15.5 Å². The maximum absolute atomic E-state index is 14.0. The molecule has 0 amide bonds. The Labute approximate surface area is 161 Å². The highest BCUT2D eigenvalue weighted by Crippen LogP contribution is 2.27. The Bertz CT molecular complexity index is 925. The molecule has 5 nitrogen and oxygen atoms in total. The van der Waals surface area contributed by atoms with Crippen LogP contribution in [0.5, 0.6) is 0 Å². The lowest BCUT2D eigenvalue weighted by molar-refractivity contribution is 0.425. The molecular formula is C20H20F3N5. The van der Waals surface area contributed by atoms with Crippen LogP contribution in [-0.2, 0) is 0 Å². The van der Waals surface area contributed by atoms with Crippen molar-refractivity contribution in [2.75, 3.05) is 37.8 Å². The van der Waals surface area contributed by atoms with Crippen LogP contribution in [0.3, 0.4) is 0 Å². The van der Waals surface area contributed by atoms with Gasteiger partial charge in [0.15, 0.2) is 11.6 Å². The van der Waals surface area contributed by atoms with E-state index in [1.54, 1.807) is 6.07 Å². The van der Waals surface area contributed by atoms with Gasteiger partial charge in [-0.2, -0.15) is 4.98 Å². The Morgan fingerprint density at radius 1 is 0.929 bits per heavy atom. The first kappa shape index (κ1) is 19.6. The monoisotopic (exact) mass is 387 g/mol. The average molecular weight is 387 g/mol. The van der Waals surface area contributed by atoms with E-state index in [1.165, 1.54) is 0 Å². The average Bonchev–Trinajstić information content (AvgIpc) is 2.65. The summed E-state index contributed by atoms with van der Waals surface area (Å²) in [7, 11) is 3.88. The molecule has 0 aliphatic rings. The summed E-state index contributed by atoms with van der Waals surface area (Å²) in [5.74, 6) is -2.57. The fourth-order valence-corrected chi connectivity index (χ4v) is 2.53. The molecule has 0 saturated heterocycles. The first-order valence-corrected chi connectivity index (χ1v) is 8.67. The Hall–Kier alpha value is -3.13. The molecule has 0 aliphatic carbocycles. The summed E-state index contributed by atoms with van der Waals surface area (Å²) in [4.78, 5) is 10.7. The molecule has 0 atom stereocenters. The highest BCUT2D eigenvalue weighted by molar-refractivity contribution is 5.67. The largest absolute Gasteiger partial charge is 0.353 e. The van der Waals surface area contributed by atoms with Crippen LogP contribution in [0.1, 0.15) is 0 Å². The van der Waals surface area contributed by atoms with Gasteiger partial charge in [-0.15, -0.1) is 0 Å². The van der Waals surface area contributed by atoms with E-state index in [0.717, 1.165) is 12.1 Å². The number of aromatic nitrogens is 2. The van der Waals surface area contributed by atoms with Crippen LogP contribution in [0.4, 0.5) is 30.6 Å². The topological polar surface area (TPSA) is 53.1 Å². The Balaban J connectivity index is 1.95. The third-order valence-corrected chi connectivity index (χ3v) is 3.90. The van der Waals surface area contributed by atoms with Crippen molar-refractivity contribution in [3.63, 3.8) is 0 Å². The summed E-state index contributed by atoms with van der Waals surface area (Å²) in [5.41, 5.74) is 0.926. The van der Waals surface area contributed by atoms with Crippen molar-refractivity contribution in [3.05, 3.63) is 66.0 Å². The second-order valence-electron chi connectivity index (χ2n) is 6.43. The van der Waals surface area contributed by atoms with Gasteiger partial charge in [0.1, 0.15) is 17.3 Å². The molecule has 8 heteroatoms. The third kappa shape index (κ3) is 4.98. The second-order valence-corrected chi connectivity index (χ2v) is 6.43. The molecule has 2 N–H and O–H groups in total. The van der Waals surface area contributed by atoms with Crippen LogP contribution in [0, 0.1) is 17.5 Å². The van der Waals surface area contributed by atoms with E-state index in [1.807, 2.05) is 49.3 Å². The van der Waals surface area contributed by atoms with Gasteiger partial charge in [0.2, 0.25) is 5.95 Å². The minimum Gasteiger partial charge on any atom is -0.353 e. The predicted octanol–water partition coefficient (Wildman–Crippen LogP) is 4.28. The van der Waals surface area contributed by atoms with Crippen molar-refractivity contribution in [1.82, 2.24) is 14.9 Å². The van der Waals surface area contributed by atoms with Crippen LogP contribution in [0.2, 0.25) is 0 Å². The van der Waals surface area contributed by atoms with Crippen LogP contribution < -0.4 is 10.6 Å². The Morgan fingerprint density at radius 2 is 1.61 bits per heavy atom. The lowest BCUT2D eigenvalue weighted by atomic mass is 10.1. The van der Waals surface area contributed by atoms with Crippen LogP contribution >= 0.6 is 0 Å². The van der Waals surface area contributed by atoms with Gasteiger partial charge in [-0.25, -0.2) is 18.2 Å². The molecule has 0 aliphatic heterocycles. The lowest BCUT2D eigenvalue weighted by Crippen LogP contribution is -2.21. The first-order valence-electron chi connectivity index (χ1n) is 8.67. The van der Waals surface area contributed by atoms with Crippen molar-refractivity contribution in [2.24, 2.45) is 0 Å². The second kappa shape index (κ2) is 8.71. The summed E-state index contributed by atoms with van der Waals surface area (Å²) in [6.07, 6.45) is 0. The van der Waals surface area contributed by atoms with E-state index in [4.69, 9.17) is 0 Å². The number of benzene rings is 2. The van der Waals surface area contributed by atoms with Gasteiger partial charge in [-0.3, -0.25) is 0 Å². The lowest BCUT2D eigenvalue weighted by Gasteiger charge is -2.14. The van der Waals surface area contributed by atoms with Crippen molar-refractivity contribution in [1.29, 1.82) is 0 Å². The van der Waals surface area contributed by atoms with Crippen LogP contribution in [0.15, 0.2) is 48.5 Å². The summed E-state index contributed by atoms with van der Waals surface area (Å²) < 4.78 is 41.2. The van der Waals surface area contributed by atoms with Crippen molar-refractivity contribution in [2.45, 2.75) is 0 Å². The Morgan fingerprint density at radius 3 is 2.25 bits per heavy atom. The van der Waals surface area contributed by atoms with E-state index in [2.05, 4.69) is 20.6 Å².